The Hall–Kier alpha value is -2.50. The molecule has 0 amide bonds. The topological polar surface area (TPSA) is 84.4 Å². The van der Waals surface area contributed by atoms with E-state index in [2.05, 4.69) is 9.97 Å². The second-order valence-electron chi connectivity index (χ2n) is 3.47. The molecule has 6 heteroatoms. The Morgan fingerprint density at radius 2 is 2.11 bits per heavy atom. The lowest BCUT2D eigenvalue weighted by atomic mass is 10.3. The van der Waals surface area contributed by atoms with E-state index in [4.69, 9.17) is 14.6 Å². The number of nitrogens with one attached hydrogen (secondary N) is 1. The van der Waals surface area contributed by atoms with E-state index in [-0.39, 0.29) is 12.3 Å². The molecule has 0 bridgehead atoms. The third-order valence-corrected chi connectivity index (χ3v) is 2.36. The highest BCUT2D eigenvalue weighted by molar-refractivity contribution is 5.86. The van der Waals surface area contributed by atoms with Gasteiger partial charge in [-0.1, -0.05) is 12.1 Å². The fraction of sp³-hybridized carbons (Fsp3) is 0.167. The van der Waals surface area contributed by atoms with Crippen molar-refractivity contribution in [2.45, 2.75) is 6.61 Å². The van der Waals surface area contributed by atoms with Crippen LogP contribution in [0.25, 0.3) is 0 Å². The number of carbonyl (C=O) groups is 1. The third kappa shape index (κ3) is 2.42. The molecule has 0 saturated carbocycles. The van der Waals surface area contributed by atoms with Gasteiger partial charge in [-0.25, -0.2) is 9.78 Å². The van der Waals surface area contributed by atoms with Crippen LogP contribution in [0.3, 0.4) is 0 Å². The first-order chi connectivity index (χ1) is 8.72. The van der Waals surface area contributed by atoms with Crippen LogP contribution >= 0.6 is 0 Å². The molecule has 1 aromatic carbocycles. The number of carboxylic acids is 1. The Balaban J connectivity index is 2.11. The molecular weight excluding hydrogens is 236 g/mol. The number of methoxy groups -OCH3 is 1. The monoisotopic (exact) mass is 248 g/mol. The fourth-order valence-corrected chi connectivity index (χ4v) is 1.50. The minimum Gasteiger partial charge on any atom is -0.493 e. The highest BCUT2D eigenvalue weighted by atomic mass is 16.5. The van der Waals surface area contributed by atoms with Gasteiger partial charge in [0.05, 0.1) is 19.1 Å². The molecule has 1 heterocycles. The Morgan fingerprint density at radius 3 is 2.78 bits per heavy atom. The molecule has 2 N–H and O–H groups in total. The van der Waals surface area contributed by atoms with Gasteiger partial charge in [-0.2, -0.15) is 0 Å². The summed E-state index contributed by atoms with van der Waals surface area (Å²) >= 11 is 0. The van der Waals surface area contributed by atoms with Crippen LogP contribution in [-0.4, -0.2) is 28.2 Å². The maximum absolute atomic E-state index is 10.9. The molecule has 94 valence electrons. The van der Waals surface area contributed by atoms with Gasteiger partial charge in [-0.05, 0) is 12.1 Å². The highest BCUT2D eigenvalue weighted by Crippen LogP contribution is 2.26. The van der Waals surface area contributed by atoms with E-state index < -0.39 is 5.97 Å². The van der Waals surface area contributed by atoms with Crippen LogP contribution in [0.15, 0.2) is 30.6 Å². The van der Waals surface area contributed by atoms with E-state index in [1.54, 1.807) is 19.2 Å². The van der Waals surface area contributed by atoms with Crippen LogP contribution in [0.1, 0.15) is 16.2 Å². The van der Waals surface area contributed by atoms with E-state index in [1.807, 2.05) is 12.1 Å². The van der Waals surface area contributed by atoms with E-state index in [9.17, 15) is 4.79 Å². The maximum Gasteiger partial charge on any atom is 0.356 e. The average molecular weight is 248 g/mol. The SMILES string of the molecule is COc1ccccc1OCc1[nH]cnc1C(=O)O. The van der Waals surface area contributed by atoms with Crippen LogP contribution in [0.4, 0.5) is 0 Å². The van der Waals surface area contributed by atoms with Crippen LogP contribution < -0.4 is 9.47 Å². The lowest BCUT2D eigenvalue weighted by Gasteiger charge is -2.09. The molecule has 0 spiro atoms. The number of hydrogen-bond donors (Lipinski definition) is 2. The second-order valence-corrected chi connectivity index (χ2v) is 3.47. The zero-order valence-electron chi connectivity index (χ0n) is 9.71. The predicted octanol–water partition coefficient (Wildman–Crippen LogP) is 1.70. The van der Waals surface area contributed by atoms with Crippen molar-refractivity contribution in [2.75, 3.05) is 7.11 Å². The molecule has 0 fully saturated rings. The Bertz CT molecular complexity index is 551. The van der Waals surface area contributed by atoms with Gasteiger partial charge in [0.15, 0.2) is 17.2 Å². The number of aromatic carboxylic acids is 1. The number of ether oxygens (including phenoxy) is 2. The zero-order valence-corrected chi connectivity index (χ0v) is 9.71. The minimum absolute atomic E-state index is 0.0371. The van der Waals surface area contributed by atoms with Crippen LogP contribution in [0.2, 0.25) is 0 Å². The number of para-hydroxylation sites is 2. The number of hydrogen-bond acceptors (Lipinski definition) is 4. The van der Waals surface area contributed by atoms with Crippen molar-refractivity contribution in [3.05, 3.63) is 42.0 Å². The molecule has 0 aliphatic carbocycles. The Kier molecular flexibility index (Phi) is 3.47. The van der Waals surface area contributed by atoms with Crippen molar-refractivity contribution >= 4 is 5.97 Å². The number of carboxylic acid groups (broad SMARTS) is 1. The van der Waals surface area contributed by atoms with Crippen molar-refractivity contribution in [1.29, 1.82) is 0 Å². The maximum atomic E-state index is 10.9. The van der Waals surface area contributed by atoms with E-state index in [0.717, 1.165) is 0 Å². The normalized spacial score (nSPS) is 10.1. The molecule has 0 aliphatic rings. The van der Waals surface area contributed by atoms with Crippen molar-refractivity contribution in [3.63, 3.8) is 0 Å². The first-order valence-electron chi connectivity index (χ1n) is 5.23. The summed E-state index contributed by atoms with van der Waals surface area (Å²) in [4.78, 5) is 17.3. The van der Waals surface area contributed by atoms with E-state index in [1.165, 1.54) is 6.33 Å². The van der Waals surface area contributed by atoms with Gasteiger partial charge in [-0.15, -0.1) is 0 Å². The number of nitrogens with zero attached hydrogens (tertiary/aromatic N) is 1. The van der Waals surface area contributed by atoms with Gasteiger partial charge in [-0.3, -0.25) is 0 Å². The summed E-state index contributed by atoms with van der Waals surface area (Å²) in [6.07, 6.45) is 1.32. The van der Waals surface area contributed by atoms with Crippen LogP contribution in [-0.2, 0) is 6.61 Å². The smallest absolute Gasteiger partial charge is 0.356 e. The summed E-state index contributed by atoms with van der Waals surface area (Å²) in [7, 11) is 1.54. The van der Waals surface area contributed by atoms with E-state index >= 15 is 0 Å². The lowest BCUT2D eigenvalue weighted by molar-refractivity contribution is 0.0688. The molecule has 6 nitrogen and oxygen atoms in total. The molecule has 2 rings (SSSR count). The molecule has 1 aromatic heterocycles. The summed E-state index contributed by atoms with van der Waals surface area (Å²) < 4.78 is 10.6. The van der Waals surface area contributed by atoms with Gasteiger partial charge in [0.2, 0.25) is 0 Å². The van der Waals surface area contributed by atoms with Gasteiger partial charge < -0.3 is 19.6 Å². The number of rotatable bonds is 5. The molecular formula is C12H12N2O4. The molecule has 18 heavy (non-hydrogen) atoms. The summed E-state index contributed by atoms with van der Waals surface area (Å²) in [5.74, 6) is 0.0507. The van der Waals surface area contributed by atoms with Crippen molar-refractivity contribution in [2.24, 2.45) is 0 Å². The lowest BCUT2D eigenvalue weighted by Crippen LogP contribution is -2.05. The first-order valence-corrected chi connectivity index (χ1v) is 5.23. The van der Waals surface area contributed by atoms with Gasteiger partial charge in [0, 0.05) is 0 Å². The first kappa shape index (κ1) is 12.0. The largest absolute Gasteiger partial charge is 0.493 e. The second kappa shape index (κ2) is 5.22. The van der Waals surface area contributed by atoms with Crippen LogP contribution in [0, 0.1) is 0 Å². The summed E-state index contributed by atoms with van der Waals surface area (Å²) in [6, 6.07) is 7.14. The number of aromatic nitrogens is 2. The summed E-state index contributed by atoms with van der Waals surface area (Å²) in [5, 5.41) is 8.89. The number of aromatic amines is 1. The van der Waals surface area contributed by atoms with Crippen LogP contribution in [0.5, 0.6) is 11.5 Å². The number of H-pyrrole nitrogens is 1. The Labute approximate surface area is 103 Å². The zero-order chi connectivity index (χ0) is 13.0. The molecule has 0 unspecified atom stereocenters. The van der Waals surface area contributed by atoms with Crippen molar-refractivity contribution in [1.82, 2.24) is 9.97 Å². The summed E-state index contributed by atoms with van der Waals surface area (Å²) in [6.45, 7) is 0.0853. The van der Waals surface area contributed by atoms with E-state index in [0.29, 0.717) is 17.2 Å². The van der Waals surface area contributed by atoms with Gasteiger partial charge in [0.25, 0.3) is 0 Å². The fourth-order valence-electron chi connectivity index (χ4n) is 1.50. The van der Waals surface area contributed by atoms with Crippen molar-refractivity contribution < 1.29 is 19.4 Å². The molecule has 0 radical (unpaired) electrons. The van der Waals surface area contributed by atoms with Gasteiger partial charge >= 0.3 is 5.97 Å². The quantitative estimate of drug-likeness (QED) is 0.841. The predicted molar refractivity (Wildman–Crippen MR) is 62.9 cm³/mol. The van der Waals surface area contributed by atoms with Crippen molar-refractivity contribution in [3.8, 4) is 11.5 Å². The highest BCUT2D eigenvalue weighted by Gasteiger charge is 2.14. The number of imidazole rings is 1. The summed E-state index contributed by atoms with van der Waals surface area (Å²) in [5.41, 5.74) is 0.373. The molecule has 0 saturated heterocycles. The third-order valence-electron chi connectivity index (χ3n) is 2.36. The Morgan fingerprint density at radius 1 is 1.39 bits per heavy atom. The molecule has 0 atom stereocenters. The standard InChI is InChI=1S/C12H12N2O4/c1-17-9-4-2-3-5-10(9)18-6-8-11(12(15)16)14-7-13-8/h2-5,7H,6H2,1H3,(H,13,14)(H,15,16). The minimum atomic E-state index is -1.09. The average Bonchev–Trinajstić information content (AvgIpc) is 2.85. The van der Waals surface area contributed by atoms with Gasteiger partial charge in [0.1, 0.15) is 6.61 Å². The molecule has 2 aromatic rings. The molecule has 0 aliphatic heterocycles. The number of benzene rings is 1.